The number of nitrogens with one attached hydrogen (secondary N) is 1. The summed E-state index contributed by atoms with van der Waals surface area (Å²) < 4.78 is 26.2. The Bertz CT molecular complexity index is 911. The summed E-state index contributed by atoms with van der Waals surface area (Å²) in [5, 5.41) is 2.96. The van der Waals surface area contributed by atoms with Crippen LogP contribution in [0.5, 0.6) is 0 Å². The molecular formula is C22H30N2O3S. The van der Waals surface area contributed by atoms with Gasteiger partial charge in [0.05, 0.1) is 11.9 Å². The largest absolute Gasteiger partial charge is 0.352 e. The van der Waals surface area contributed by atoms with Gasteiger partial charge in [0.25, 0.3) is 0 Å². The molecule has 0 radical (unpaired) electrons. The molecule has 2 atom stereocenters. The number of carbonyl (C=O) groups is 1. The molecule has 28 heavy (non-hydrogen) atoms. The predicted octanol–water partition coefficient (Wildman–Crippen LogP) is 3.60. The highest BCUT2D eigenvalue weighted by Gasteiger charge is 2.30. The maximum Gasteiger partial charge on any atom is 0.243 e. The monoisotopic (exact) mass is 402 g/mol. The van der Waals surface area contributed by atoms with Crippen molar-refractivity contribution in [1.29, 1.82) is 0 Å². The molecule has 2 rings (SSSR count). The van der Waals surface area contributed by atoms with E-state index < -0.39 is 16.1 Å². The van der Waals surface area contributed by atoms with Gasteiger partial charge in [0.15, 0.2) is 0 Å². The molecule has 2 aromatic rings. The number of hydrogen-bond acceptors (Lipinski definition) is 3. The fraction of sp³-hybridized carbons (Fsp3) is 0.409. The van der Waals surface area contributed by atoms with Crippen LogP contribution in [0.25, 0.3) is 0 Å². The first-order chi connectivity index (χ1) is 13.1. The smallest absolute Gasteiger partial charge is 0.243 e. The van der Waals surface area contributed by atoms with Crippen LogP contribution in [0.4, 0.5) is 5.69 Å². The number of amides is 1. The summed E-state index contributed by atoms with van der Waals surface area (Å²) in [6.45, 7) is 7.32. The number of nitrogens with zero attached hydrogens (tertiary/aromatic N) is 1. The minimum Gasteiger partial charge on any atom is -0.352 e. The van der Waals surface area contributed by atoms with Gasteiger partial charge in [-0.25, -0.2) is 8.42 Å². The van der Waals surface area contributed by atoms with E-state index in [0.29, 0.717) is 5.69 Å². The number of aryl methyl sites for hydroxylation is 3. The van der Waals surface area contributed by atoms with Crippen LogP contribution in [-0.4, -0.2) is 32.7 Å². The highest BCUT2D eigenvalue weighted by molar-refractivity contribution is 7.92. The number of hydrogen-bond donors (Lipinski definition) is 1. The first kappa shape index (κ1) is 22.0. The van der Waals surface area contributed by atoms with Crippen molar-refractivity contribution in [1.82, 2.24) is 5.32 Å². The second kappa shape index (κ2) is 9.24. The number of anilines is 1. The molecule has 1 N–H and O–H groups in total. The van der Waals surface area contributed by atoms with Gasteiger partial charge in [0.1, 0.15) is 6.04 Å². The Kier molecular flexibility index (Phi) is 7.24. The van der Waals surface area contributed by atoms with Gasteiger partial charge < -0.3 is 5.32 Å². The highest BCUT2D eigenvalue weighted by Crippen LogP contribution is 2.26. The Hall–Kier alpha value is -2.34. The molecule has 0 bridgehead atoms. The number of carbonyl (C=O) groups excluding carboxylic acids is 1. The molecule has 0 aliphatic carbocycles. The van der Waals surface area contributed by atoms with Gasteiger partial charge in [-0.2, -0.15) is 0 Å². The molecule has 0 unspecified atom stereocenters. The first-order valence-corrected chi connectivity index (χ1v) is 11.4. The van der Waals surface area contributed by atoms with Crippen molar-refractivity contribution in [3.05, 3.63) is 65.2 Å². The summed E-state index contributed by atoms with van der Waals surface area (Å²) in [5.74, 6) is -0.299. The average Bonchev–Trinajstić information content (AvgIpc) is 2.62. The van der Waals surface area contributed by atoms with Crippen LogP contribution < -0.4 is 9.62 Å². The molecule has 0 aliphatic rings. The summed E-state index contributed by atoms with van der Waals surface area (Å²) in [4.78, 5) is 12.8. The van der Waals surface area contributed by atoms with Gasteiger partial charge >= 0.3 is 0 Å². The molecule has 0 saturated heterocycles. The van der Waals surface area contributed by atoms with Crippen molar-refractivity contribution < 1.29 is 13.2 Å². The molecule has 152 valence electrons. The zero-order chi connectivity index (χ0) is 20.9. The zero-order valence-corrected chi connectivity index (χ0v) is 18.1. The fourth-order valence-electron chi connectivity index (χ4n) is 3.20. The van der Waals surface area contributed by atoms with Gasteiger partial charge in [0.2, 0.25) is 15.9 Å². The Labute approximate surface area is 168 Å². The molecule has 2 aromatic carbocycles. The quantitative estimate of drug-likeness (QED) is 0.734. The van der Waals surface area contributed by atoms with Crippen LogP contribution in [0, 0.1) is 13.8 Å². The molecule has 6 heteroatoms. The molecule has 0 aromatic heterocycles. The van der Waals surface area contributed by atoms with Gasteiger partial charge in [-0.15, -0.1) is 0 Å². The van der Waals surface area contributed by atoms with E-state index in [1.807, 2.05) is 51.1 Å². The van der Waals surface area contributed by atoms with E-state index in [1.165, 1.54) is 9.87 Å². The summed E-state index contributed by atoms with van der Waals surface area (Å²) in [5.41, 5.74) is 3.51. The van der Waals surface area contributed by atoms with Crippen molar-refractivity contribution in [2.24, 2.45) is 0 Å². The highest BCUT2D eigenvalue weighted by atomic mass is 32.2. The lowest BCUT2D eigenvalue weighted by molar-refractivity contribution is -0.122. The summed E-state index contributed by atoms with van der Waals surface area (Å²) in [6.07, 6.45) is 2.77. The second-order valence-corrected chi connectivity index (χ2v) is 9.32. The first-order valence-electron chi connectivity index (χ1n) is 9.50. The van der Waals surface area contributed by atoms with Crippen molar-refractivity contribution >= 4 is 21.6 Å². The van der Waals surface area contributed by atoms with E-state index in [2.05, 4.69) is 17.4 Å². The number of sulfonamides is 1. The van der Waals surface area contributed by atoms with Crippen LogP contribution in [0.15, 0.2) is 48.5 Å². The fourth-order valence-corrected chi connectivity index (χ4v) is 4.43. The lowest BCUT2D eigenvalue weighted by Crippen LogP contribution is -2.50. The lowest BCUT2D eigenvalue weighted by Gasteiger charge is -2.30. The minimum absolute atomic E-state index is 0.0600. The molecule has 0 aliphatic heterocycles. The second-order valence-electron chi connectivity index (χ2n) is 7.46. The lowest BCUT2D eigenvalue weighted by atomic mass is 10.1. The van der Waals surface area contributed by atoms with Crippen LogP contribution in [-0.2, 0) is 21.2 Å². The van der Waals surface area contributed by atoms with E-state index in [9.17, 15) is 13.2 Å². The predicted molar refractivity (Wildman–Crippen MR) is 115 cm³/mol. The maximum atomic E-state index is 12.8. The van der Waals surface area contributed by atoms with E-state index in [-0.39, 0.29) is 11.9 Å². The average molecular weight is 403 g/mol. The molecule has 0 fully saturated rings. The SMILES string of the molecule is Cc1ccc(C)c(N([C@H](C)C(=O)N[C@H](C)CCc2ccccc2)S(C)(=O)=O)c1. The van der Waals surface area contributed by atoms with Crippen LogP contribution in [0.1, 0.15) is 37.0 Å². The normalized spacial score (nSPS) is 13.6. The topological polar surface area (TPSA) is 66.5 Å². The Morgan fingerprint density at radius 2 is 1.71 bits per heavy atom. The van der Waals surface area contributed by atoms with E-state index in [4.69, 9.17) is 0 Å². The Morgan fingerprint density at radius 3 is 2.32 bits per heavy atom. The molecule has 5 nitrogen and oxygen atoms in total. The van der Waals surface area contributed by atoms with Crippen molar-refractivity contribution in [3.8, 4) is 0 Å². The van der Waals surface area contributed by atoms with Gasteiger partial charge in [0, 0.05) is 6.04 Å². The number of benzene rings is 2. The van der Waals surface area contributed by atoms with Crippen LogP contribution in [0.2, 0.25) is 0 Å². The van der Waals surface area contributed by atoms with Crippen LogP contribution in [0.3, 0.4) is 0 Å². The van der Waals surface area contributed by atoms with E-state index in [0.717, 1.165) is 30.2 Å². The number of rotatable bonds is 8. The minimum atomic E-state index is -3.62. The summed E-state index contributed by atoms with van der Waals surface area (Å²) >= 11 is 0. The molecule has 0 heterocycles. The van der Waals surface area contributed by atoms with Gasteiger partial charge in [-0.05, 0) is 63.3 Å². The van der Waals surface area contributed by atoms with Gasteiger partial charge in [-0.3, -0.25) is 9.10 Å². The summed E-state index contributed by atoms with van der Waals surface area (Å²) in [7, 11) is -3.62. The van der Waals surface area contributed by atoms with Crippen molar-refractivity contribution in [3.63, 3.8) is 0 Å². The zero-order valence-electron chi connectivity index (χ0n) is 17.3. The van der Waals surface area contributed by atoms with E-state index in [1.54, 1.807) is 13.0 Å². The van der Waals surface area contributed by atoms with Crippen molar-refractivity contribution in [2.75, 3.05) is 10.6 Å². The summed E-state index contributed by atoms with van der Waals surface area (Å²) in [6, 6.07) is 14.8. The standard InChI is InChI=1S/C22H30N2O3S/c1-16-11-12-17(2)21(15-16)24(28(5,26)27)19(4)22(25)23-18(3)13-14-20-9-7-6-8-10-20/h6-12,15,18-19H,13-14H2,1-5H3,(H,23,25)/t18-,19-/m1/s1. The van der Waals surface area contributed by atoms with Crippen LogP contribution >= 0.6 is 0 Å². The maximum absolute atomic E-state index is 12.8. The van der Waals surface area contributed by atoms with Gasteiger partial charge in [-0.1, -0.05) is 42.5 Å². The van der Waals surface area contributed by atoms with E-state index >= 15 is 0 Å². The van der Waals surface area contributed by atoms with Crippen molar-refractivity contribution in [2.45, 2.75) is 52.6 Å². The molecular weight excluding hydrogens is 372 g/mol. The Balaban J connectivity index is 2.12. The third kappa shape index (κ3) is 5.83. The Morgan fingerprint density at radius 1 is 1.07 bits per heavy atom. The third-order valence-electron chi connectivity index (χ3n) is 4.79. The molecule has 0 spiro atoms. The molecule has 0 saturated carbocycles. The molecule has 1 amide bonds. The third-order valence-corrected chi connectivity index (χ3v) is 6.02.